The highest BCUT2D eigenvalue weighted by molar-refractivity contribution is 7.09. The highest BCUT2D eigenvalue weighted by atomic mass is 32.1. The lowest BCUT2D eigenvalue weighted by atomic mass is 9.92. The van der Waals surface area contributed by atoms with E-state index in [0.29, 0.717) is 5.41 Å². The third-order valence-electron chi connectivity index (χ3n) is 6.18. The molecule has 7 heteroatoms. The number of likely N-dealkylation sites (tertiary alicyclic amines) is 1. The summed E-state index contributed by atoms with van der Waals surface area (Å²) >= 11 is 1.76. The number of imidazole rings is 1. The predicted octanol–water partition coefficient (Wildman–Crippen LogP) is 2.67. The Morgan fingerprint density at radius 2 is 2.12 bits per heavy atom. The first kappa shape index (κ1) is 16.4. The van der Waals surface area contributed by atoms with Gasteiger partial charge >= 0.3 is 0 Å². The van der Waals surface area contributed by atoms with E-state index < -0.39 is 0 Å². The summed E-state index contributed by atoms with van der Waals surface area (Å²) in [5.74, 6) is 0. The number of piperidine rings is 1. The van der Waals surface area contributed by atoms with E-state index >= 15 is 0 Å². The molecule has 6 nitrogen and oxygen atoms in total. The number of nitrogens with zero attached hydrogens (tertiary/aromatic N) is 6. The Morgan fingerprint density at radius 1 is 1.23 bits per heavy atom. The second-order valence-corrected chi connectivity index (χ2v) is 8.73. The number of fused-ring (bicyclic) bond motifs is 1. The van der Waals surface area contributed by atoms with Crippen LogP contribution >= 0.6 is 11.3 Å². The topological polar surface area (TPSA) is 49.6 Å². The van der Waals surface area contributed by atoms with Gasteiger partial charge in [0.15, 0.2) is 5.65 Å². The third kappa shape index (κ3) is 2.94. The number of rotatable bonds is 5. The van der Waals surface area contributed by atoms with Crippen LogP contribution < -0.4 is 0 Å². The molecule has 1 aliphatic carbocycles. The average Bonchev–Trinajstić information content (AvgIpc) is 3.00. The van der Waals surface area contributed by atoms with Gasteiger partial charge in [-0.15, -0.1) is 11.3 Å². The van der Waals surface area contributed by atoms with E-state index in [1.807, 2.05) is 31.0 Å². The van der Waals surface area contributed by atoms with Gasteiger partial charge in [-0.1, -0.05) is 0 Å². The van der Waals surface area contributed by atoms with Gasteiger partial charge in [-0.2, -0.15) is 0 Å². The molecule has 26 heavy (non-hydrogen) atoms. The monoisotopic (exact) mass is 368 g/mol. The fourth-order valence-electron chi connectivity index (χ4n) is 4.54. The van der Waals surface area contributed by atoms with Crippen molar-refractivity contribution in [2.45, 2.75) is 38.4 Å². The predicted molar refractivity (Wildman–Crippen MR) is 102 cm³/mol. The van der Waals surface area contributed by atoms with Crippen molar-refractivity contribution in [3.8, 4) is 0 Å². The Bertz CT molecular complexity index is 880. The zero-order valence-electron chi connectivity index (χ0n) is 15.1. The van der Waals surface area contributed by atoms with E-state index in [0.717, 1.165) is 24.8 Å². The van der Waals surface area contributed by atoms with Crippen LogP contribution in [0.3, 0.4) is 0 Å². The third-order valence-corrected chi connectivity index (χ3v) is 6.94. The van der Waals surface area contributed by atoms with Gasteiger partial charge in [-0.3, -0.25) is 19.2 Å². The van der Waals surface area contributed by atoms with Crippen molar-refractivity contribution in [3.63, 3.8) is 0 Å². The Kier molecular flexibility index (Phi) is 4.03. The minimum Gasteiger partial charge on any atom is -0.300 e. The van der Waals surface area contributed by atoms with Gasteiger partial charge in [0, 0.05) is 36.6 Å². The minimum absolute atomic E-state index is 0.548. The molecule has 1 spiro atoms. The van der Waals surface area contributed by atoms with Gasteiger partial charge in [-0.25, -0.2) is 9.97 Å². The van der Waals surface area contributed by atoms with E-state index in [9.17, 15) is 0 Å². The van der Waals surface area contributed by atoms with Gasteiger partial charge in [0.25, 0.3) is 0 Å². The SMILES string of the molecule is CN(Cc1nccs1)[C@H]1CC12CCN(Cc1cnc3cnccn13)CC2. The normalized spacial score (nSPS) is 22.5. The molecule has 2 aliphatic rings. The lowest BCUT2D eigenvalue weighted by Crippen LogP contribution is -2.37. The lowest BCUT2D eigenvalue weighted by Gasteiger charge is -2.34. The summed E-state index contributed by atoms with van der Waals surface area (Å²) in [6.07, 6.45) is 13.5. The van der Waals surface area contributed by atoms with Crippen molar-refractivity contribution >= 4 is 17.0 Å². The summed E-state index contributed by atoms with van der Waals surface area (Å²) in [7, 11) is 2.26. The van der Waals surface area contributed by atoms with Crippen LogP contribution in [-0.4, -0.2) is 55.3 Å². The zero-order chi connectivity index (χ0) is 17.6. The van der Waals surface area contributed by atoms with Crippen molar-refractivity contribution in [3.05, 3.63) is 47.1 Å². The van der Waals surface area contributed by atoms with E-state index in [4.69, 9.17) is 0 Å². The van der Waals surface area contributed by atoms with Gasteiger partial charge in [-0.05, 0) is 44.8 Å². The number of thiazole rings is 1. The zero-order valence-corrected chi connectivity index (χ0v) is 15.9. The first-order valence-electron chi connectivity index (χ1n) is 9.30. The van der Waals surface area contributed by atoms with Crippen LogP contribution in [0.1, 0.15) is 30.0 Å². The molecule has 1 atom stereocenters. The highest BCUT2D eigenvalue weighted by Gasteiger charge is 2.56. The largest absolute Gasteiger partial charge is 0.300 e. The quantitative estimate of drug-likeness (QED) is 0.693. The van der Waals surface area contributed by atoms with Gasteiger partial charge in [0.05, 0.1) is 24.6 Å². The number of hydrogen-bond acceptors (Lipinski definition) is 6. The smallest absolute Gasteiger partial charge is 0.155 e. The second kappa shape index (κ2) is 6.40. The molecule has 0 N–H and O–H groups in total. The van der Waals surface area contributed by atoms with Crippen LogP contribution in [0.15, 0.2) is 36.4 Å². The summed E-state index contributed by atoms with van der Waals surface area (Å²) in [6, 6.07) is 0.732. The molecule has 4 heterocycles. The molecule has 0 radical (unpaired) electrons. The first-order chi connectivity index (χ1) is 12.7. The van der Waals surface area contributed by atoms with Crippen LogP contribution in [0.4, 0.5) is 0 Å². The van der Waals surface area contributed by atoms with Gasteiger partial charge in [0.2, 0.25) is 0 Å². The van der Waals surface area contributed by atoms with Gasteiger partial charge < -0.3 is 0 Å². The second-order valence-electron chi connectivity index (χ2n) is 7.75. The molecule has 136 valence electrons. The van der Waals surface area contributed by atoms with Crippen molar-refractivity contribution < 1.29 is 0 Å². The maximum atomic E-state index is 4.46. The highest BCUT2D eigenvalue weighted by Crippen LogP contribution is 2.56. The Labute approximate surface area is 157 Å². The van der Waals surface area contributed by atoms with Crippen LogP contribution in [-0.2, 0) is 13.1 Å². The maximum absolute atomic E-state index is 4.46. The van der Waals surface area contributed by atoms with E-state index in [1.165, 1.54) is 43.1 Å². The molecule has 0 aromatic carbocycles. The average molecular weight is 369 g/mol. The van der Waals surface area contributed by atoms with Crippen LogP contribution in [0.25, 0.3) is 5.65 Å². The molecule has 1 saturated heterocycles. The Morgan fingerprint density at radius 3 is 2.92 bits per heavy atom. The Hall–Kier alpha value is -1.83. The summed E-state index contributed by atoms with van der Waals surface area (Å²) in [5, 5.41) is 3.30. The van der Waals surface area contributed by atoms with Crippen molar-refractivity contribution in [1.29, 1.82) is 0 Å². The van der Waals surface area contributed by atoms with E-state index in [-0.39, 0.29) is 0 Å². The fraction of sp³-hybridized carbons (Fsp3) is 0.526. The molecular weight excluding hydrogens is 344 g/mol. The van der Waals surface area contributed by atoms with Crippen LogP contribution in [0.2, 0.25) is 0 Å². The lowest BCUT2D eigenvalue weighted by molar-refractivity contribution is 0.138. The summed E-state index contributed by atoms with van der Waals surface area (Å²) in [5.41, 5.74) is 2.74. The molecule has 0 unspecified atom stereocenters. The molecule has 0 amide bonds. The van der Waals surface area contributed by atoms with Crippen molar-refractivity contribution in [2.75, 3.05) is 20.1 Å². The fourth-order valence-corrected chi connectivity index (χ4v) is 5.22. The standard InChI is InChI=1S/C19H24N6S/c1-23(14-18-21-5-9-26-18)16-10-19(16)2-6-24(7-3-19)13-15-11-22-17-12-20-4-8-25(15)17/h4-5,8-9,11-12,16H,2-3,6-7,10,13-14H2,1H3/t16-/m0/s1. The molecule has 0 bridgehead atoms. The molecule has 1 aliphatic heterocycles. The number of aromatic nitrogens is 4. The number of hydrogen-bond donors (Lipinski definition) is 0. The van der Waals surface area contributed by atoms with Crippen LogP contribution in [0.5, 0.6) is 0 Å². The minimum atomic E-state index is 0.548. The molecule has 3 aromatic rings. The first-order valence-corrected chi connectivity index (χ1v) is 10.2. The molecule has 1 saturated carbocycles. The molecule has 2 fully saturated rings. The molecule has 5 rings (SSSR count). The van der Waals surface area contributed by atoms with E-state index in [1.54, 1.807) is 11.3 Å². The summed E-state index contributed by atoms with van der Waals surface area (Å²) in [6.45, 7) is 4.32. The van der Waals surface area contributed by atoms with Crippen molar-refractivity contribution in [1.82, 2.24) is 29.2 Å². The van der Waals surface area contributed by atoms with Gasteiger partial charge in [0.1, 0.15) is 5.01 Å². The van der Waals surface area contributed by atoms with Crippen molar-refractivity contribution in [2.24, 2.45) is 5.41 Å². The Balaban J connectivity index is 1.18. The van der Waals surface area contributed by atoms with Crippen LogP contribution in [0, 0.1) is 5.41 Å². The summed E-state index contributed by atoms with van der Waals surface area (Å²) < 4.78 is 2.15. The van der Waals surface area contributed by atoms with E-state index in [2.05, 4.69) is 41.6 Å². The molecular formula is C19H24N6S. The molecule has 3 aromatic heterocycles. The maximum Gasteiger partial charge on any atom is 0.155 e. The summed E-state index contributed by atoms with van der Waals surface area (Å²) in [4.78, 5) is 18.1.